The zero-order valence-corrected chi connectivity index (χ0v) is 15.8. The molecule has 2 aliphatic rings. The fourth-order valence-electron chi connectivity index (χ4n) is 4.07. The number of benzene rings is 1. The van der Waals surface area contributed by atoms with Gasteiger partial charge in [-0.2, -0.15) is 0 Å². The van der Waals surface area contributed by atoms with Crippen molar-refractivity contribution < 1.29 is 18.7 Å². The number of amides is 3. The van der Waals surface area contributed by atoms with E-state index in [0.29, 0.717) is 31.7 Å². The van der Waals surface area contributed by atoms with Crippen molar-refractivity contribution >= 4 is 28.8 Å². The van der Waals surface area contributed by atoms with Gasteiger partial charge in [0.25, 0.3) is 0 Å². The molecule has 0 bridgehead atoms. The number of para-hydroxylation sites is 1. The molecule has 3 amide bonds. The number of fused-ring (bicyclic) bond motifs is 1. The van der Waals surface area contributed by atoms with Crippen molar-refractivity contribution in [1.29, 1.82) is 0 Å². The van der Waals surface area contributed by atoms with Crippen molar-refractivity contribution in [3.63, 3.8) is 0 Å². The molecule has 3 heterocycles. The highest BCUT2D eigenvalue weighted by Crippen LogP contribution is 2.32. The van der Waals surface area contributed by atoms with Crippen molar-refractivity contribution in [1.82, 2.24) is 10.2 Å². The van der Waals surface area contributed by atoms with Crippen LogP contribution in [0, 0.1) is 6.92 Å². The number of furan rings is 1. The lowest BCUT2D eigenvalue weighted by atomic mass is 9.95. The van der Waals surface area contributed by atoms with Gasteiger partial charge in [0.15, 0.2) is 5.58 Å². The van der Waals surface area contributed by atoms with E-state index in [1.54, 1.807) is 4.90 Å². The minimum absolute atomic E-state index is 0.149. The number of nitrogens with one attached hydrogen (secondary N) is 2. The second-order valence-corrected chi connectivity index (χ2v) is 7.38. The van der Waals surface area contributed by atoms with Gasteiger partial charge in [0.1, 0.15) is 11.4 Å². The Labute approximate surface area is 158 Å². The summed E-state index contributed by atoms with van der Waals surface area (Å²) in [6, 6.07) is 5.66. The molecular weight excluding hydrogens is 346 g/mol. The maximum Gasteiger partial charge on any atom is 0.407 e. The number of carbonyl (C=O) groups is 2. The summed E-state index contributed by atoms with van der Waals surface area (Å²) in [5.41, 5.74) is 2.06. The Balaban J connectivity index is 1.49. The zero-order valence-electron chi connectivity index (χ0n) is 15.8. The van der Waals surface area contributed by atoms with Crippen LogP contribution in [0.15, 0.2) is 22.6 Å². The van der Waals surface area contributed by atoms with E-state index in [4.69, 9.17) is 9.15 Å². The van der Waals surface area contributed by atoms with Gasteiger partial charge in [0.05, 0.1) is 12.2 Å². The number of rotatable bonds is 2. The fourth-order valence-corrected chi connectivity index (χ4v) is 4.07. The average Bonchev–Trinajstić information content (AvgIpc) is 3.10. The van der Waals surface area contributed by atoms with Crippen molar-refractivity contribution in [3.8, 4) is 0 Å². The third-order valence-electron chi connectivity index (χ3n) is 5.67. The number of likely N-dealkylation sites (tertiary alicyclic amines) is 1. The van der Waals surface area contributed by atoms with Crippen molar-refractivity contribution in [2.45, 2.75) is 45.1 Å². The molecule has 144 valence electrons. The lowest BCUT2D eigenvalue weighted by Crippen LogP contribution is -2.38. The molecule has 1 aromatic heterocycles. The Morgan fingerprint density at radius 1 is 1.33 bits per heavy atom. The molecule has 27 heavy (non-hydrogen) atoms. The van der Waals surface area contributed by atoms with E-state index in [9.17, 15) is 9.59 Å². The number of urea groups is 1. The van der Waals surface area contributed by atoms with E-state index in [-0.39, 0.29) is 12.1 Å². The molecule has 2 aliphatic heterocycles. The summed E-state index contributed by atoms with van der Waals surface area (Å²) in [6.45, 7) is 5.81. The molecule has 2 saturated heterocycles. The van der Waals surface area contributed by atoms with Crippen LogP contribution >= 0.6 is 0 Å². The van der Waals surface area contributed by atoms with Crippen LogP contribution < -0.4 is 10.6 Å². The van der Waals surface area contributed by atoms with Gasteiger partial charge in [0.2, 0.25) is 0 Å². The summed E-state index contributed by atoms with van der Waals surface area (Å²) >= 11 is 0. The van der Waals surface area contributed by atoms with E-state index in [1.165, 1.54) is 0 Å². The molecule has 2 fully saturated rings. The van der Waals surface area contributed by atoms with Gasteiger partial charge in [-0.25, -0.2) is 9.59 Å². The molecule has 2 aromatic rings. The minimum atomic E-state index is -0.472. The van der Waals surface area contributed by atoms with Gasteiger partial charge in [-0.15, -0.1) is 0 Å². The molecule has 0 radical (unpaired) electrons. The summed E-state index contributed by atoms with van der Waals surface area (Å²) < 4.78 is 11.5. The first-order chi connectivity index (χ1) is 13.0. The lowest BCUT2D eigenvalue weighted by molar-refractivity contribution is 0.0454. The van der Waals surface area contributed by atoms with Gasteiger partial charge in [-0.05, 0) is 31.4 Å². The largest absolute Gasteiger partial charge is 0.459 e. The molecule has 2 N–H and O–H groups in total. The third-order valence-corrected chi connectivity index (χ3v) is 5.67. The highest BCUT2D eigenvalue weighted by Gasteiger charge is 2.41. The van der Waals surface area contributed by atoms with E-state index in [2.05, 4.69) is 17.6 Å². The molecule has 1 aromatic carbocycles. The topological polar surface area (TPSA) is 83.8 Å². The van der Waals surface area contributed by atoms with Crippen LogP contribution in [0.2, 0.25) is 0 Å². The monoisotopic (exact) mass is 371 g/mol. The standard InChI is InChI=1S/C20H25N3O4/c1-3-16-13(2)14-6-4-7-15(17(14)26-16)22-18(24)23-10-5-8-20(9-11-23)12-21-19(25)27-20/h4,6-7H,3,5,8-12H2,1-2H3,(H,21,25)(H,22,24)/t20-/m1/s1. The fraction of sp³-hybridized carbons (Fsp3) is 0.500. The van der Waals surface area contributed by atoms with E-state index in [0.717, 1.165) is 41.6 Å². The normalized spacial score (nSPS) is 22.6. The van der Waals surface area contributed by atoms with Crippen LogP contribution in [0.5, 0.6) is 0 Å². The molecular formula is C20H25N3O4. The second kappa shape index (κ2) is 6.79. The number of alkyl carbamates (subject to hydrolysis) is 1. The van der Waals surface area contributed by atoms with Crippen LogP contribution in [0.1, 0.15) is 37.5 Å². The molecule has 7 nitrogen and oxygen atoms in total. The minimum Gasteiger partial charge on any atom is -0.459 e. The Morgan fingerprint density at radius 2 is 2.19 bits per heavy atom. The van der Waals surface area contributed by atoms with Gasteiger partial charge >= 0.3 is 12.1 Å². The molecule has 0 saturated carbocycles. The average molecular weight is 371 g/mol. The summed E-state index contributed by atoms with van der Waals surface area (Å²) in [6.07, 6.45) is 2.66. The predicted molar refractivity (Wildman–Crippen MR) is 102 cm³/mol. The number of hydrogen-bond donors (Lipinski definition) is 2. The Morgan fingerprint density at radius 3 is 2.93 bits per heavy atom. The number of aryl methyl sites for hydroxylation is 2. The zero-order chi connectivity index (χ0) is 19.0. The van der Waals surface area contributed by atoms with E-state index in [1.807, 2.05) is 25.1 Å². The van der Waals surface area contributed by atoms with Gasteiger partial charge in [0, 0.05) is 31.3 Å². The van der Waals surface area contributed by atoms with Gasteiger partial charge in [-0.3, -0.25) is 0 Å². The van der Waals surface area contributed by atoms with Crippen LogP contribution in [0.3, 0.4) is 0 Å². The molecule has 7 heteroatoms. The SMILES string of the molecule is CCc1oc2c(NC(=O)N3CCC[C@@]4(CC3)CNC(=O)O4)cccc2c1C. The van der Waals surface area contributed by atoms with E-state index < -0.39 is 5.60 Å². The van der Waals surface area contributed by atoms with Crippen molar-refractivity contribution in [3.05, 3.63) is 29.5 Å². The summed E-state index contributed by atoms with van der Waals surface area (Å²) in [7, 11) is 0. The molecule has 0 aliphatic carbocycles. The van der Waals surface area contributed by atoms with E-state index >= 15 is 0 Å². The first kappa shape index (κ1) is 17.7. The maximum absolute atomic E-state index is 12.8. The number of carbonyl (C=O) groups excluding carboxylic acids is 2. The first-order valence-electron chi connectivity index (χ1n) is 9.55. The number of anilines is 1. The van der Waals surface area contributed by atoms with Crippen LogP contribution in [-0.2, 0) is 11.2 Å². The highest BCUT2D eigenvalue weighted by atomic mass is 16.6. The summed E-state index contributed by atoms with van der Waals surface area (Å²) in [5.74, 6) is 0.943. The number of nitrogens with zero attached hydrogens (tertiary/aromatic N) is 1. The molecule has 1 spiro atoms. The Hall–Kier alpha value is -2.70. The third kappa shape index (κ3) is 3.22. The predicted octanol–water partition coefficient (Wildman–Crippen LogP) is 3.80. The number of hydrogen-bond acceptors (Lipinski definition) is 4. The Kier molecular flexibility index (Phi) is 4.45. The Bertz CT molecular complexity index is 891. The van der Waals surface area contributed by atoms with Crippen molar-refractivity contribution in [2.75, 3.05) is 25.0 Å². The summed E-state index contributed by atoms with van der Waals surface area (Å²) in [5, 5.41) is 6.77. The van der Waals surface area contributed by atoms with Crippen LogP contribution in [0.25, 0.3) is 11.0 Å². The van der Waals surface area contributed by atoms with Crippen LogP contribution in [-0.4, -0.2) is 42.3 Å². The van der Waals surface area contributed by atoms with Crippen molar-refractivity contribution in [2.24, 2.45) is 0 Å². The maximum atomic E-state index is 12.8. The lowest BCUT2D eigenvalue weighted by Gasteiger charge is -2.25. The van der Waals surface area contributed by atoms with Crippen LogP contribution in [0.4, 0.5) is 15.3 Å². The smallest absolute Gasteiger partial charge is 0.407 e. The highest BCUT2D eigenvalue weighted by molar-refractivity contribution is 6.00. The number of ether oxygens (including phenoxy) is 1. The molecule has 4 rings (SSSR count). The molecule has 1 atom stereocenters. The second-order valence-electron chi connectivity index (χ2n) is 7.38. The van der Waals surface area contributed by atoms with Gasteiger partial charge < -0.3 is 24.7 Å². The summed E-state index contributed by atoms with van der Waals surface area (Å²) in [4.78, 5) is 26.1. The quantitative estimate of drug-likeness (QED) is 0.841. The molecule has 0 unspecified atom stereocenters. The first-order valence-corrected chi connectivity index (χ1v) is 9.55. The van der Waals surface area contributed by atoms with Gasteiger partial charge in [-0.1, -0.05) is 19.1 Å².